The Morgan fingerprint density at radius 3 is 1.18 bits per heavy atom. The van der Waals surface area contributed by atoms with Crippen LogP contribution in [0.4, 0.5) is 11.4 Å². The highest BCUT2D eigenvalue weighted by atomic mass is 14.8. The van der Waals surface area contributed by atoms with Gasteiger partial charge >= 0.3 is 0 Å². The van der Waals surface area contributed by atoms with Crippen molar-refractivity contribution in [2.45, 2.75) is 33.1 Å². The third-order valence-corrected chi connectivity index (χ3v) is 7.38. The van der Waals surface area contributed by atoms with Crippen LogP contribution in [0.15, 0.2) is 72.8 Å². The predicted molar refractivity (Wildman–Crippen MR) is 142 cm³/mol. The Bertz CT molecular complexity index is 1230. The Morgan fingerprint density at radius 2 is 0.848 bits per heavy atom. The summed E-state index contributed by atoms with van der Waals surface area (Å²) >= 11 is 0. The van der Waals surface area contributed by atoms with Gasteiger partial charge in [-0.3, -0.25) is 0 Å². The van der Waals surface area contributed by atoms with Crippen LogP contribution in [0.5, 0.6) is 0 Å². The van der Waals surface area contributed by atoms with E-state index in [2.05, 4.69) is 111 Å². The zero-order chi connectivity index (χ0) is 23.3. The third kappa shape index (κ3) is 2.94. The number of fused-ring (bicyclic) bond motifs is 3. The van der Waals surface area contributed by atoms with Crippen LogP contribution in [-0.4, -0.2) is 14.1 Å². The van der Waals surface area contributed by atoms with Gasteiger partial charge in [-0.25, -0.2) is 0 Å². The van der Waals surface area contributed by atoms with Gasteiger partial charge in [0.1, 0.15) is 0 Å². The van der Waals surface area contributed by atoms with Crippen molar-refractivity contribution in [1.29, 1.82) is 0 Å². The first-order valence-corrected chi connectivity index (χ1v) is 11.7. The molecule has 0 fully saturated rings. The lowest BCUT2D eigenvalue weighted by Gasteiger charge is -2.35. The summed E-state index contributed by atoms with van der Waals surface area (Å²) in [7, 11) is 4.02. The highest BCUT2D eigenvalue weighted by Crippen LogP contribution is 2.56. The van der Waals surface area contributed by atoms with Crippen LogP contribution >= 0.6 is 0 Å². The topological polar surface area (TPSA) is 24.1 Å². The van der Waals surface area contributed by atoms with Gasteiger partial charge in [0.05, 0.1) is 5.41 Å². The fourth-order valence-corrected chi connectivity index (χ4v) is 6.17. The van der Waals surface area contributed by atoms with E-state index in [0.29, 0.717) is 0 Å². The SMILES string of the molecule is CNc1c(C)cc(C2(c3cc(C)c(NC)c(C)c3)c3ccccc3-c3ccccc32)cc1C. The van der Waals surface area contributed by atoms with E-state index in [9.17, 15) is 0 Å². The van der Waals surface area contributed by atoms with Gasteiger partial charge in [0.2, 0.25) is 0 Å². The second-order valence-corrected chi connectivity index (χ2v) is 9.31. The molecule has 0 heterocycles. The number of hydrogen-bond donors (Lipinski definition) is 2. The summed E-state index contributed by atoms with van der Waals surface area (Å²) in [6.45, 7) is 8.85. The van der Waals surface area contributed by atoms with Crippen LogP contribution in [0, 0.1) is 27.7 Å². The second-order valence-electron chi connectivity index (χ2n) is 9.31. The van der Waals surface area contributed by atoms with Gasteiger partial charge in [-0.2, -0.15) is 0 Å². The predicted octanol–water partition coefficient (Wildman–Crippen LogP) is 7.37. The van der Waals surface area contributed by atoms with E-state index in [1.54, 1.807) is 0 Å². The molecule has 0 bridgehead atoms. The molecular formula is C31H32N2. The molecular weight excluding hydrogens is 400 g/mol. The number of rotatable bonds is 4. The molecule has 4 aromatic carbocycles. The monoisotopic (exact) mass is 432 g/mol. The lowest BCUT2D eigenvalue weighted by molar-refractivity contribution is 0.764. The van der Waals surface area contributed by atoms with E-state index in [4.69, 9.17) is 0 Å². The summed E-state index contributed by atoms with van der Waals surface area (Å²) in [5.74, 6) is 0. The first kappa shape index (κ1) is 21.3. The highest BCUT2D eigenvalue weighted by Gasteiger charge is 2.46. The first-order valence-electron chi connectivity index (χ1n) is 11.7. The summed E-state index contributed by atoms with van der Waals surface area (Å²) < 4.78 is 0. The van der Waals surface area contributed by atoms with Crippen molar-refractivity contribution in [3.8, 4) is 11.1 Å². The molecule has 5 rings (SSSR count). The number of benzene rings is 4. The number of nitrogens with one attached hydrogen (secondary N) is 2. The summed E-state index contributed by atoms with van der Waals surface area (Å²) in [4.78, 5) is 0. The maximum Gasteiger partial charge on any atom is 0.0714 e. The minimum atomic E-state index is -0.364. The molecule has 0 saturated carbocycles. The van der Waals surface area contributed by atoms with Crippen LogP contribution in [0.2, 0.25) is 0 Å². The molecule has 0 atom stereocenters. The standard InChI is InChI=1S/C31H32N2/c1-19-15-23(16-20(2)29(19)32-5)31(24-17-21(3)30(33-6)22(4)18-24)27-13-9-7-11-25(27)26-12-8-10-14-28(26)31/h7-18,32-33H,1-6H3. The van der Waals surface area contributed by atoms with Crippen molar-refractivity contribution in [3.63, 3.8) is 0 Å². The molecule has 0 aliphatic heterocycles. The van der Waals surface area contributed by atoms with Crippen molar-refractivity contribution < 1.29 is 0 Å². The molecule has 2 heteroatoms. The molecule has 166 valence electrons. The first-order chi connectivity index (χ1) is 15.9. The summed E-state index contributed by atoms with van der Waals surface area (Å²) in [5.41, 5.74) is 15.2. The van der Waals surface area contributed by atoms with Crippen LogP contribution in [0.1, 0.15) is 44.5 Å². The Kier molecular flexibility index (Phi) is 5.05. The lowest BCUT2D eigenvalue weighted by atomic mass is 9.66. The average molecular weight is 433 g/mol. The van der Waals surface area contributed by atoms with Crippen molar-refractivity contribution in [3.05, 3.63) is 117 Å². The maximum absolute atomic E-state index is 3.40. The van der Waals surface area contributed by atoms with Crippen molar-refractivity contribution in [2.75, 3.05) is 24.7 Å². The highest BCUT2D eigenvalue weighted by molar-refractivity contribution is 5.87. The molecule has 0 amide bonds. The molecule has 1 aliphatic carbocycles. The van der Waals surface area contributed by atoms with Gasteiger partial charge < -0.3 is 10.6 Å². The lowest BCUT2D eigenvalue weighted by Crippen LogP contribution is -2.29. The van der Waals surface area contributed by atoms with Crippen LogP contribution < -0.4 is 10.6 Å². The smallest absolute Gasteiger partial charge is 0.0714 e. The van der Waals surface area contributed by atoms with Crippen LogP contribution in [0.3, 0.4) is 0 Å². The number of anilines is 2. The minimum Gasteiger partial charge on any atom is -0.388 e. The van der Waals surface area contributed by atoms with Gasteiger partial charge in [-0.1, -0.05) is 72.8 Å². The zero-order valence-electron chi connectivity index (χ0n) is 20.4. The van der Waals surface area contributed by atoms with Gasteiger partial charge in [0.25, 0.3) is 0 Å². The van der Waals surface area contributed by atoms with E-state index in [1.165, 1.54) is 67.0 Å². The Morgan fingerprint density at radius 1 is 0.515 bits per heavy atom. The maximum atomic E-state index is 3.40. The number of hydrogen-bond acceptors (Lipinski definition) is 2. The largest absolute Gasteiger partial charge is 0.388 e. The molecule has 4 aromatic rings. The molecule has 0 unspecified atom stereocenters. The molecule has 1 aliphatic rings. The van der Waals surface area contributed by atoms with Crippen molar-refractivity contribution in [2.24, 2.45) is 0 Å². The summed E-state index contributed by atoms with van der Waals surface area (Å²) in [6, 6.07) is 27.4. The minimum absolute atomic E-state index is 0.364. The van der Waals surface area contributed by atoms with E-state index < -0.39 is 0 Å². The van der Waals surface area contributed by atoms with E-state index in [-0.39, 0.29) is 5.41 Å². The van der Waals surface area contributed by atoms with Gasteiger partial charge in [-0.15, -0.1) is 0 Å². The summed E-state index contributed by atoms with van der Waals surface area (Å²) in [5, 5.41) is 6.79. The van der Waals surface area contributed by atoms with Crippen molar-refractivity contribution in [1.82, 2.24) is 0 Å². The van der Waals surface area contributed by atoms with E-state index >= 15 is 0 Å². The van der Waals surface area contributed by atoms with Gasteiger partial charge in [0.15, 0.2) is 0 Å². The molecule has 33 heavy (non-hydrogen) atoms. The van der Waals surface area contributed by atoms with Gasteiger partial charge in [0, 0.05) is 25.5 Å². The van der Waals surface area contributed by atoms with E-state index in [0.717, 1.165) is 0 Å². The van der Waals surface area contributed by atoms with Crippen LogP contribution in [-0.2, 0) is 5.41 Å². The fourth-order valence-electron chi connectivity index (χ4n) is 6.17. The molecule has 0 aromatic heterocycles. The molecule has 2 N–H and O–H groups in total. The number of aryl methyl sites for hydroxylation is 4. The van der Waals surface area contributed by atoms with E-state index in [1.807, 2.05) is 14.1 Å². The third-order valence-electron chi connectivity index (χ3n) is 7.38. The van der Waals surface area contributed by atoms with Gasteiger partial charge in [-0.05, 0) is 83.3 Å². The quantitative estimate of drug-likeness (QED) is 0.310. The zero-order valence-corrected chi connectivity index (χ0v) is 20.4. The molecule has 0 spiro atoms. The fraction of sp³-hybridized carbons (Fsp3) is 0.226. The van der Waals surface area contributed by atoms with Crippen LogP contribution in [0.25, 0.3) is 11.1 Å². The normalized spacial score (nSPS) is 13.4. The second kappa shape index (κ2) is 7.81. The molecule has 2 nitrogen and oxygen atoms in total. The Balaban J connectivity index is 1.97. The van der Waals surface area contributed by atoms with Crippen molar-refractivity contribution >= 4 is 11.4 Å². The molecule has 0 radical (unpaired) electrons. The Labute approximate surface area is 197 Å². The molecule has 0 saturated heterocycles. The Hall–Kier alpha value is -3.52. The summed E-state index contributed by atoms with van der Waals surface area (Å²) in [6.07, 6.45) is 0. The average Bonchev–Trinajstić information content (AvgIpc) is 3.10.